The maximum atomic E-state index is 11.9. The summed E-state index contributed by atoms with van der Waals surface area (Å²) in [5.74, 6) is 0.110. The molecular formula is C11H14N2O. The maximum Gasteiger partial charge on any atom is 0.254 e. The zero-order chi connectivity index (χ0) is 10.1. The molecule has 1 amide bonds. The van der Waals surface area contributed by atoms with Gasteiger partial charge in [-0.25, -0.2) is 0 Å². The van der Waals surface area contributed by atoms with Crippen LogP contribution in [-0.4, -0.2) is 23.9 Å². The quantitative estimate of drug-likeness (QED) is 0.760. The second kappa shape index (κ2) is 3.42. The number of benzene rings is 1. The summed E-state index contributed by atoms with van der Waals surface area (Å²) in [4.78, 5) is 13.7. The lowest BCUT2D eigenvalue weighted by Crippen LogP contribution is -2.31. The van der Waals surface area contributed by atoms with Crippen LogP contribution in [0.4, 0.5) is 0 Å². The number of nitrogens with zero attached hydrogens (tertiary/aromatic N) is 1. The molecule has 1 aliphatic rings. The fourth-order valence-electron chi connectivity index (χ4n) is 1.99. The number of nitrogens with two attached hydrogens (primary N) is 1. The molecule has 0 aromatic heterocycles. The molecule has 74 valence electrons. The Kier molecular flexibility index (Phi) is 2.25. The van der Waals surface area contributed by atoms with Gasteiger partial charge in [0.05, 0.1) is 6.04 Å². The highest BCUT2D eigenvalue weighted by molar-refractivity contribution is 5.99. The first-order chi connectivity index (χ1) is 6.75. The van der Waals surface area contributed by atoms with Crippen LogP contribution >= 0.6 is 0 Å². The van der Waals surface area contributed by atoms with E-state index in [9.17, 15) is 4.79 Å². The summed E-state index contributed by atoms with van der Waals surface area (Å²) in [5.41, 5.74) is 7.42. The first-order valence-electron chi connectivity index (χ1n) is 4.85. The normalized spacial score (nSPS) is 20.0. The van der Waals surface area contributed by atoms with Gasteiger partial charge >= 0.3 is 0 Å². The Labute approximate surface area is 83.5 Å². The van der Waals surface area contributed by atoms with Gasteiger partial charge in [0.2, 0.25) is 0 Å². The van der Waals surface area contributed by atoms with Gasteiger partial charge in [0.25, 0.3) is 5.91 Å². The van der Waals surface area contributed by atoms with Gasteiger partial charge in [-0.15, -0.1) is 0 Å². The van der Waals surface area contributed by atoms with E-state index in [1.807, 2.05) is 36.1 Å². The number of carbonyl (C=O) groups is 1. The van der Waals surface area contributed by atoms with Gasteiger partial charge in [-0.3, -0.25) is 4.79 Å². The third-order valence-corrected chi connectivity index (χ3v) is 2.74. The van der Waals surface area contributed by atoms with Crippen molar-refractivity contribution in [2.24, 2.45) is 5.73 Å². The van der Waals surface area contributed by atoms with Gasteiger partial charge < -0.3 is 10.6 Å². The van der Waals surface area contributed by atoms with Crippen molar-refractivity contribution >= 4 is 5.91 Å². The molecule has 3 heteroatoms. The highest BCUT2D eigenvalue weighted by atomic mass is 16.2. The summed E-state index contributed by atoms with van der Waals surface area (Å²) in [6.45, 7) is 3.19. The third-order valence-electron chi connectivity index (χ3n) is 2.74. The molecule has 1 aliphatic heterocycles. The zero-order valence-corrected chi connectivity index (χ0v) is 8.23. The first kappa shape index (κ1) is 9.21. The van der Waals surface area contributed by atoms with Gasteiger partial charge in [-0.2, -0.15) is 0 Å². The van der Waals surface area contributed by atoms with E-state index < -0.39 is 0 Å². The number of hydrogen-bond donors (Lipinski definition) is 1. The summed E-state index contributed by atoms with van der Waals surface area (Å²) in [5, 5.41) is 0. The fraction of sp³-hybridized carbons (Fsp3) is 0.364. The number of amides is 1. The van der Waals surface area contributed by atoms with Crippen LogP contribution in [0.2, 0.25) is 0 Å². The molecule has 1 heterocycles. The summed E-state index contributed by atoms with van der Waals surface area (Å²) in [6.07, 6.45) is 0. The third kappa shape index (κ3) is 1.21. The van der Waals surface area contributed by atoms with Crippen molar-refractivity contribution in [1.29, 1.82) is 0 Å². The Morgan fingerprint density at radius 2 is 2.14 bits per heavy atom. The van der Waals surface area contributed by atoms with Gasteiger partial charge in [-0.05, 0) is 18.6 Å². The van der Waals surface area contributed by atoms with E-state index in [0.29, 0.717) is 13.1 Å². The van der Waals surface area contributed by atoms with Crippen molar-refractivity contribution in [3.05, 3.63) is 35.4 Å². The van der Waals surface area contributed by atoms with E-state index >= 15 is 0 Å². The molecule has 3 nitrogen and oxygen atoms in total. The van der Waals surface area contributed by atoms with Crippen LogP contribution in [0.3, 0.4) is 0 Å². The molecule has 2 rings (SSSR count). The lowest BCUT2D eigenvalue weighted by atomic mass is 10.1. The van der Waals surface area contributed by atoms with E-state index in [-0.39, 0.29) is 11.9 Å². The van der Waals surface area contributed by atoms with Crippen molar-refractivity contribution in [2.75, 3.05) is 13.1 Å². The molecule has 1 atom stereocenters. The number of hydrogen-bond acceptors (Lipinski definition) is 2. The summed E-state index contributed by atoms with van der Waals surface area (Å²) >= 11 is 0. The highest BCUT2D eigenvalue weighted by Crippen LogP contribution is 2.32. The van der Waals surface area contributed by atoms with Crippen molar-refractivity contribution in [2.45, 2.75) is 13.0 Å². The maximum absolute atomic E-state index is 11.9. The van der Waals surface area contributed by atoms with Crippen LogP contribution in [0.15, 0.2) is 24.3 Å². The lowest BCUT2D eigenvalue weighted by molar-refractivity contribution is 0.0743. The Bertz CT molecular complexity index is 362. The summed E-state index contributed by atoms with van der Waals surface area (Å²) < 4.78 is 0. The molecule has 2 N–H and O–H groups in total. The predicted molar refractivity (Wildman–Crippen MR) is 54.9 cm³/mol. The number of fused-ring (bicyclic) bond motifs is 1. The minimum atomic E-state index is 0.110. The van der Waals surface area contributed by atoms with Gasteiger partial charge in [0.1, 0.15) is 0 Å². The molecule has 1 aromatic rings. The highest BCUT2D eigenvalue weighted by Gasteiger charge is 2.32. The molecule has 1 aromatic carbocycles. The Morgan fingerprint density at radius 1 is 1.43 bits per heavy atom. The molecule has 0 saturated carbocycles. The molecule has 0 aliphatic carbocycles. The molecular weight excluding hydrogens is 176 g/mol. The van der Waals surface area contributed by atoms with Gasteiger partial charge in [0, 0.05) is 18.7 Å². The molecule has 14 heavy (non-hydrogen) atoms. The first-order valence-corrected chi connectivity index (χ1v) is 4.85. The fourth-order valence-corrected chi connectivity index (χ4v) is 1.99. The minimum absolute atomic E-state index is 0.110. The van der Waals surface area contributed by atoms with E-state index in [0.717, 1.165) is 11.1 Å². The summed E-state index contributed by atoms with van der Waals surface area (Å²) in [7, 11) is 0. The molecule has 0 bridgehead atoms. The molecule has 0 spiro atoms. The lowest BCUT2D eigenvalue weighted by Gasteiger charge is -2.20. The molecule has 0 fully saturated rings. The van der Waals surface area contributed by atoms with Crippen LogP contribution in [0, 0.1) is 0 Å². The van der Waals surface area contributed by atoms with E-state index in [1.165, 1.54) is 0 Å². The van der Waals surface area contributed by atoms with Crippen molar-refractivity contribution in [3.63, 3.8) is 0 Å². The second-order valence-corrected chi connectivity index (χ2v) is 3.55. The molecule has 0 radical (unpaired) electrons. The van der Waals surface area contributed by atoms with Crippen LogP contribution in [0.25, 0.3) is 0 Å². The van der Waals surface area contributed by atoms with Crippen molar-refractivity contribution in [1.82, 2.24) is 4.90 Å². The van der Waals surface area contributed by atoms with Crippen LogP contribution < -0.4 is 5.73 Å². The van der Waals surface area contributed by atoms with Gasteiger partial charge in [0.15, 0.2) is 0 Å². The molecule has 0 saturated heterocycles. The van der Waals surface area contributed by atoms with E-state index in [2.05, 4.69) is 0 Å². The topological polar surface area (TPSA) is 46.3 Å². The number of rotatable bonds is 2. The van der Waals surface area contributed by atoms with E-state index in [4.69, 9.17) is 5.73 Å². The average Bonchev–Trinajstić information content (AvgIpc) is 2.45. The Balaban J connectivity index is 2.38. The Morgan fingerprint density at radius 3 is 2.79 bits per heavy atom. The van der Waals surface area contributed by atoms with Crippen molar-refractivity contribution in [3.8, 4) is 0 Å². The second-order valence-electron chi connectivity index (χ2n) is 3.55. The average molecular weight is 190 g/mol. The van der Waals surface area contributed by atoms with Crippen LogP contribution in [0.1, 0.15) is 28.9 Å². The minimum Gasteiger partial charge on any atom is -0.331 e. The largest absolute Gasteiger partial charge is 0.331 e. The summed E-state index contributed by atoms with van der Waals surface area (Å²) in [6, 6.07) is 7.92. The number of carbonyl (C=O) groups excluding carboxylic acids is 1. The van der Waals surface area contributed by atoms with Crippen molar-refractivity contribution < 1.29 is 4.79 Å². The monoisotopic (exact) mass is 190 g/mol. The standard InChI is InChI=1S/C11H14N2O/c1-8-9-4-2-3-5-10(9)11(14)13(8)7-6-12/h2-5,8H,6-7,12H2,1H3. The SMILES string of the molecule is CC1c2ccccc2C(=O)N1CCN. The molecule has 1 unspecified atom stereocenters. The van der Waals surface area contributed by atoms with Gasteiger partial charge in [-0.1, -0.05) is 18.2 Å². The zero-order valence-electron chi connectivity index (χ0n) is 8.23. The van der Waals surface area contributed by atoms with E-state index in [1.54, 1.807) is 0 Å². The van der Waals surface area contributed by atoms with Crippen LogP contribution in [0.5, 0.6) is 0 Å². The predicted octanol–water partition coefficient (Wildman–Crippen LogP) is 1.16. The Hall–Kier alpha value is -1.35. The smallest absolute Gasteiger partial charge is 0.254 e. The van der Waals surface area contributed by atoms with Crippen LogP contribution in [-0.2, 0) is 0 Å².